The largest absolute Gasteiger partial charge is 0.496 e. The number of rotatable bonds is 5. The first kappa shape index (κ1) is 18.1. The fraction of sp³-hybridized carbons (Fsp3) is 0.391. The lowest BCUT2D eigenvalue weighted by atomic mass is 9.88. The Balaban J connectivity index is 1.57. The van der Waals surface area contributed by atoms with Crippen LogP contribution in [0, 0.1) is 0 Å². The Hall–Kier alpha value is -2.30. The van der Waals surface area contributed by atoms with E-state index in [2.05, 4.69) is 47.1 Å². The highest BCUT2D eigenvalue weighted by Gasteiger charge is 2.23. The third-order valence-electron chi connectivity index (χ3n) is 6.01. The lowest BCUT2D eigenvalue weighted by Crippen LogP contribution is -2.43. The van der Waals surface area contributed by atoms with E-state index in [1.807, 2.05) is 18.2 Å². The van der Waals surface area contributed by atoms with E-state index in [0.717, 1.165) is 36.6 Å². The van der Waals surface area contributed by atoms with Crippen LogP contribution in [0.2, 0.25) is 0 Å². The molecule has 4 rings (SSSR count). The van der Waals surface area contributed by atoms with E-state index in [4.69, 9.17) is 10.5 Å². The van der Waals surface area contributed by atoms with Crippen LogP contribution in [-0.2, 0) is 0 Å². The van der Waals surface area contributed by atoms with E-state index in [1.54, 1.807) is 7.11 Å². The van der Waals surface area contributed by atoms with Gasteiger partial charge in [-0.3, -0.25) is 4.90 Å². The van der Waals surface area contributed by atoms with Gasteiger partial charge in [0.1, 0.15) is 5.75 Å². The number of fused-ring (bicyclic) bond motifs is 1. The van der Waals surface area contributed by atoms with Crippen molar-refractivity contribution in [1.29, 1.82) is 0 Å². The highest BCUT2D eigenvalue weighted by molar-refractivity contribution is 5.87. The second-order valence-corrected chi connectivity index (χ2v) is 7.62. The van der Waals surface area contributed by atoms with Crippen LogP contribution >= 0.6 is 0 Å². The Morgan fingerprint density at radius 3 is 2.67 bits per heavy atom. The molecule has 2 heterocycles. The molecule has 1 atom stereocenters. The van der Waals surface area contributed by atoms with E-state index in [-0.39, 0.29) is 0 Å². The van der Waals surface area contributed by atoms with Crippen molar-refractivity contribution in [3.8, 4) is 17.0 Å². The summed E-state index contributed by atoms with van der Waals surface area (Å²) in [5.41, 5.74) is 10.7. The SMILES string of the molecule is COc1ccccc1-c1cc2cc(C3CCN(C(C)CN)CC3)ccc2[nH]1. The smallest absolute Gasteiger partial charge is 0.128 e. The summed E-state index contributed by atoms with van der Waals surface area (Å²) in [7, 11) is 1.72. The highest BCUT2D eigenvalue weighted by Crippen LogP contribution is 2.34. The van der Waals surface area contributed by atoms with E-state index < -0.39 is 0 Å². The van der Waals surface area contributed by atoms with Crippen molar-refractivity contribution in [3.05, 3.63) is 54.1 Å². The van der Waals surface area contributed by atoms with Crippen LogP contribution in [0.15, 0.2) is 48.5 Å². The number of benzene rings is 2. The summed E-state index contributed by atoms with van der Waals surface area (Å²) in [6.45, 7) is 5.25. The van der Waals surface area contributed by atoms with Crippen LogP contribution in [0.3, 0.4) is 0 Å². The van der Waals surface area contributed by atoms with Gasteiger partial charge in [0, 0.05) is 29.1 Å². The summed E-state index contributed by atoms with van der Waals surface area (Å²) < 4.78 is 5.52. The molecule has 142 valence electrons. The van der Waals surface area contributed by atoms with Crippen LogP contribution < -0.4 is 10.5 Å². The van der Waals surface area contributed by atoms with Gasteiger partial charge in [0.05, 0.1) is 12.8 Å². The van der Waals surface area contributed by atoms with Crippen LogP contribution in [0.5, 0.6) is 5.75 Å². The molecule has 0 amide bonds. The molecular weight excluding hydrogens is 334 g/mol. The molecule has 0 saturated carbocycles. The number of ether oxygens (including phenoxy) is 1. The minimum Gasteiger partial charge on any atom is -0.496 e. The maximum Gasteiger partial charge on any atom is 0.128 e. The van der Waals surface area contributed by atoms with Gasteiger partial charge in [0.2, 0.25) is 0 Å². The van der Waals surface area contributed by atoms with Gasteiger partial charge >= 0.3 is 0 Å². The van der Waals surface area contributed by atoms with Gasteiger partial charge < -0.3 is 15.5 Å². The number of likely N-dealkylation sites (tertiary alicyclic amines) is 1. The van der Waals surface area contributed by atoms with Gasteiger partial charge in [-0.15, -0.1) is 0 Å². The number of H-pyrrole nitrogens is 1. The summed E-state index contributed by atoms with van der Waals surface area (Å²) in [5, 5.41) is 1.27. The van der Waals surface area contributed by atoms with Gasteiger partial charge in [-0.05, 0) is 74.7 Å². The Bertz CT molecular complexity index is 909. The predicted molar refractivity (Wildman–Crippen MR) is 112 cm³/mol. The van der Waals surface area contributed by atoms with E-state index >= 15 is 0 Å². The molecule has 1 fully saturated rings. The number of nitrogens with one attached hydrogen (secondary N) is 1. The molecule has 0 bridgehead atoms. The topological polar surface area (TPSA) is 54.3 Å². The van der Waals surface area contributed by atoms with Crippen molar-refractivity contribution >= 4 is 10.9 Å². The molecule has 0 aliphatic carbocycles. The molecule has 1 unspecified atom stereocenters. The van der Waals surface area contributed by atoms with Gasteiger partial charge in [-0.1, -0.05) is 18.2 Å². The molecule has 1 saturated heterocycles. The number of nitrogens with zero attached hydrogens (tertiary/aromatic N) is 1. The minimum atomic E-state index is 0.488. The van der Waals surface area contributed by atoms with Gasteiger partial charge in [0.25, 0.3) is 0 Å². The molecule has 1 aliphatic heterocycles. The summed E-state index contributed by atoms with van der Waals surface area (Å²) in [5.74, 6) is 1.53. The van der Waals surface area contributed by atoms with E-state index in [1.165, 1.54) is 29.3 Å². The molecule has 3 N–H and O–H groups in total. The van der Waals surface area contributed by atoms with Gasteiger partial charge in [-0.2, -0.15) is 0 Å². The number of nitrogens with two attached hydrogens (primary N) is 1. The van der Waals surface area contributed by atoms with Crippen molar-refractivity contribution in [1.82, 2.24) is 9.88 Å². The first-order chi connectivity index (χ1) is 13.2. The lowest BCUT2D eigenvalue weighted by Gasteiger charge is -2.35. The Morgan fingerprint density at radius 2 is 1.93 bits per heavy atom. The average molecular weight is 364 g/mol. The summed E-state index contributed by atoms with van der Waals surface area (Å²) in [6.07, 6.45) is 2.42. The molecule has 1 aliphatic rings. The number of para-hydroxylation sites is 1. The zero-order chi connectivity index (χ0) is 18.8. The first-order valence-electron chi connectivity index (χ1n) is 9.89. The maximum atomic E-state index is 5.83. The van der Waals surface area contributed by atoms with E-state index in [0.29, 0.717) is 12.0 Å². The first-order valence-corrected chi connectivity index (χ1v) is 9.89. The minimum absolute atomic E-state index is 0.488. The number of methoxy groups -OCH3 is 1. The standard InChI is InChI=1S/C23H29N3O/c1-16(15-24)26-11-9-17(10-12-26)18-7-8-21-19(13-18)14-22(25-21)20-5-3-4-6-23(20)27-2/h3-8,13-14,16-17,25H,9-12,15,24H2,1-2H3. The van der Waals surface area contributed by atoms with Crippen LogP contribution in [0.1, 0.15) is 31.2 Å². The van der Waals surface area contributed by atoms with Crippen molar-refractivity contribution in [2.45, 2.75) is 31.7 Å². The molecule has 3 aromatic rings. The Morgan fingerprint density at radius 1 is 1.15 bits per heavy atom. The third kappa shape index (κ3) is 3.60. The van der Waals surface area contributed by atoms with E-state index in [9.17, 15) is 0 Å². The quantitative estimate of drug-likeness (QED) is 0.708. The summed E-state index contributed by atoms with van der Waals surface area (Å²) in [4.78, 5) is 6.06. The second-order valence-electron chi connectivity index (χ2n) is 7.62. The van der Waals surface area contributed by atoms with Gasteiger partial charge in [-0.25, -0.2) is 0 Å². The van der Waals surface area contributed by atoms with Crippen LogP contribution in [0.25, 0.3) is 22.2 Å². The van der Waals surface area contributed by atoms with Crippen molar-refractivity contribution in [2.75, 3.05) is 26.7 Å². The fourth-order valence-electron chi connectivity index (χ4n) is 4.24. The summed E-state index contributed by atoms with van der Waals surface area (Å²) >= 11 is 0. The molecular formula is C23H29N3O. The zero-order valence-electron chi connectivity index (χ0n) is 16.2. The maximum absolute atomic E-state index is 5.83. The molecule has 4 heteroatoms. The van der Waals surface area contributed by atoms with Crippen molar-refractivity contribution < 1.29 is 4.74 Å². The number of hydrogen-bond donors (Lipinski definition) is 2. The van der Waals surface area contributed by atoms with Gasteiger partial charge in [0.15, 0.2) is 0 Å². The highest BCUT2D eigenvalue weighted by atomic mass is 16.5. The molecule has 4 nitrogen and oxygen atoms in total. The molecule has 1 aromatic heterocycles. The molecule has 2 aromatic carbocycles. The molecule has 0 spiro atoms. The van der Waals surface area contributed by atoms with Crippen LogP contribution in [-0.4, -0.2) is 42.7 Å². The Kier molecular flexibility index (Phi) is 5.19. The van der Waals surface area contributed by atoms with Crippen molar-refractivity contribution in [2.24, 2.45) is 5.73 Å². The third-order valence-corrected chi connectivity index (χ3v) is 6.01. The zero-order valence-corrected chi connectivity index (χ0v) is 16.2. The predicted octanol–water partition coefficient (Wildman–Crippen LogP) is 4.37. The normalized spacial score (nSPS) is 17.3. The number of aromatic nitrogens is 1. The van der Waals surface area contributed by atoms with Crippen LogP contribution in [0.4, 0.5) is 0 Å². The molecule has 0 radical (unpaired) electrons. The van der Waals surface area contributed by atoms with Crippen molar-refractivity contribution in [3.63, 3.8) is 0 Å². The molecule has 27 heavy (non-hydrogen) atoms. The second kappa shape index (κ2) is 7.75. The summed E-state index contributed by atoms with van der Waals surface area (Å²) in [6, 6.07) is 17.7. The lowest BCUT2D eigenvalue weighted by molar-refractivity contribution is 0.165. The fourth-order valence-corrected chi connectivity index (χ4v) is 4.24. The number of piperidine rings is 1. The average Bonchev–Trinajstić information content (AvgIpc) is 3.16. The Labute approximate surface area is 161 Å². The monoisotopic (exact) mass is 363 g/mol. The number of hydrogen-bond acceptors (Lipinski definition) is 3. The number of aromatic amines is 1.